The van der Waals surface area contributed by atoms with Gasteiger partial charge in [0.1, 0.15) is 0 Å². The molecular weight excluding hydrogens is 271 g/mol. The zero-order valence-electron chi connectivity index (χ0n) is 10.1. The molecule has 0 amide bonds. The molecule has 1 fully saturated rings. The van der Waals surface area contributed by atoms with Crippen LogP contribution in [0.1, 0.15) is 12.8 Å². The number of nitrogens with zero attached hydrogens (tertiary/aromatic N) is 1. The van der Waals surface area contributed by atoms with Crippen LogP contribution in [0.15, 0.2) is 0 Å². The molecule has 18 heavy (non-hydrogen) atoms. The lowest BCUT2D eigenvalue weighted by atomic mass is 9.79. The monoisotopic (exact) mass is 289 g/mol. The quantitative estimate of drug-likeness (QED) is 0.769. The molecule has 1 rings (SSSR count). The van der Waals surface area contributed by atoms with Crippen LogP contribution in [0.3, 0.4) is 0 Å². The number of sulfonamides is 1. The lowest BCUT2D eigenvalue weighted by molar-refractivity contribution is -0.0451. The smallest absolute Gasteiger partial charge is 0.330 e. The Morgan fingerprint density at radius 3 is 2.22 bits per heavy atom. The van der Waals surface area contributed by atoms with Gasteiger partial charge in [-0.1, -0.05) is 0 Å². The van der Waals surface area contributed by atoms with Gasteiger partial charge in [-0.3, -0.25) is 0 Å². The Bertz CT molecular complexity index is 375. The van der Waals surface area contributed by atoms with Crippen LogP contribution in [-0.2, 0) is 10.0 Å². The van der Waals surface area contributed by atoms with Crippen molar-refractivity contribution in [2.24, 2.45) is 11.1 Å². The van der Waals surface area contributed by atoms with Gasteiger partial charge in [-0.25, -0.2) is 13.1 Å². The fourth-order valence-electron chi connectivity index (χ4n) is 1.88. The summed E-state index contributed by atoms with van der Waals surface area (Å²) in [5.41, 5.74) is -0.261. The van der Waals surface area contributed by atoms with E-state index in [9.17, 15) is 21.6 Å². The number of nitrogens with one attached hydrogen (secondary N) is 1. The van der Waals surface area contributed by atoms with Crippen LogP contribution in [0.2, 0.25) is 0 Å². The summed E-state index contributed by atoms with van der Waals surface area (Å²) in [5.74, 6) is 0. The van der Waals surface area contributed by atoms with Crippen molar-refractivity contribution >= 4 is 10.0 Å². The molecule has 3 N–H and O–H groups in total. The summed E-state index contributed by atoms with van der Waals surface area (Å²) < 4.78 is 60.0. The van der Waals surface area contributed by atoms with Crippen molar-refractivity contribution in [1.29, 1.82) is 0 Å². The van der Waals surface area contributed by atoms with E-state index in [0.29, 0.717) is 25.9 Å². The second-order valence-corrected chi connectivity index (χ2v) is 6.54. The normalized spacial score (nSPS) is 22.1. The van der Waals surface area contributed by atoms with Crippen LogP contribution in [0, 0.1) is 5.41 Å². The molecule has 0 aromatic rings. The minimum absolute atomic E-state index is 0.168. The number of likely N-dealkylation sites (tertiary alicyclic amines) is 1. The molecular formula is C9H18F3N3O2S. The lowest BCUT2D eigenvalue weighted by Gasteiger charge is -2.39. The predicted octanol–water partition coefficient (Wildman–Crippen LogP) is 0.0963. The van der Waals surface area contributed by atoms with Gasteiger partial charge in [0.25, 0.3) is 0 Å². The van der Waals surface area contributed by atoms with E-state index in [1.54, 1.807) is 4.72 Å². The van der Waals surface area contributed by atoms with Crippen molar-refractivity contribution in [3.05, 3.63) is 0 Å². The first-order chi connectivity index (χ1) is 8.12. The summed E-state index contributed by atoms with van der Waals surface area (Å²) in [6.07, 6.45) is 1.17. The van der Waals surface area contributed by atoms with Gasteiger partial charge in [-0.05, 0) is 44.9 Å². The molecule has 9 heteroatoms. The van der Waals surface area contributed by atoms with Gasteiger partial charge < -0.3 is 10.6 Å². The first-order valence-corrected chi connectivity index (χ1v) is 7.05. The Kier molecular flexibility index (Phi) is 4.63. The maximum atomic E-state index is 12.2. The molecule has 1 heterocycles. The van der Waals surface area contributed by atoms with Crippen molar-refractivity contribution in [1.82, 2.24) is 9.62 Å². The maximum absolute atomic E-state index is 12.2. The molecule has 5 nitrogen and oxygen atoms in total. The molecule has 1 aliphatic heterocycles. The van der Waals surface area contributed by atoms with E-state index in [0.717, 1.165) is 0 Å². The molecule has 0 spiro atoms. The highest BCUT2D eigenvalue weighted by Crippen LogP contribution is 2.30. The number of piperidine rings is 1. The molecule has 1 saturated heterocycles. The van der Waals surface area contributed by atoms with E-state index in [4.69, 9.17) is 5.73 Å². The van der Waals surface area contributed by atoms with Gasteiger partial charge in [0.2, 0.25) is 0 Å². The zero-order chi connectivity index (χ0) is 14.0. The van der Waals surface area contributed by atoms with E-state index >= 15 is 0 Å². The lowest BCUT2D eigenvalue weighted by Crippen LogP contribution is -2.50. The average Bonchev–Trinajstić information content (AvgIpc) is 2.28. The second-order valence-electron chi connectivity index (χ2n) is 4.78. The number of rotatable bonds is 4. The zero-order valence-corrected chi connectivity index (χ0v) is 10.9. The Hall–Kier alpha value is -0.380. The van der Waals surface area contributed by atoms with Crippen LogP contribution in [0.5, 0.6) is 0 Å². The molecule has 0 radical (unpaired) electrons. The van der Waals surface area contributed by atoms with Gasteiger partial charge in [0, 0.05) is 6.54 Å². The van der Waals surface area contributed by atoms with Crippen molar-refractivity contribution in [3.63, 3.8) is 0 Å². The first kappa shape index (κ1) is 15.7. The minimum atomic E-state index is -5.28. The maximum Gasteiger partial charge on any atom is 0.511 e. The van der Waals surface area contributed by atoms with E-state index in [-0.39, 0.29) is 13.1 Å². The van der Waals surface area contributed by atoms with Crippen LogP contribution in [-0.4, -0.2) is 52.1 Å². The van der Waals surface area contributed by atoms with Crippen molar-refractivity contribution in [2.75, 3.05) is 33.2 Å². The van der Waals surface area contributed by atoms with E-state index in [1.807, 2.05) is 11.9 Å². The summed E-state index contributed by atoms with van der Waals surface area (Å²) in [6.45, 7) is 1.30. The van der Waals surface area contributed by atoms with Crippen LogP contribution in [0.25, 0.3) is 0 Å². The summed E-state index contributed by atoms with van der Waals surface area (Å²) in [7, 11) is -3.37. The van der Waals surface area contributed by atoms with Gasteiger partial charge in [0.15, 0.2) is 0 Å². The fraction of sp³-hybridized carbons (Fsp3) is 1.00. The highest BCUT2D eigenvalue weighted by molar-refractivity contribution is 7.90. The Morgan fingerprint density at radius 1 is 1.33 bits per heavy atom. The summed E-state index contributed by atoms with van der Waals surface area (Å²) >= 11 is 0. The highest BCUT2D eigenvalue weighted by atomic mass is 32.2. The van der Waals surface area contributed by atoms with Gasteiger partial charge in [0.05, 0.1) is 0 Å². The molecule has 0 aromatic carbocycles. The van der Waals surface area contributed by atoms with Gasteiger partial charge in [-0.2, -0.15) is 13.2 Å². The summed E-state index contributed by atoms with van der Waals surface area (Å²) in [6, 6.07) is 0. The second kappa shape index (κ2) is 5.32. The third kappa shape index (κ3) is 3.56. The van der Waals surface area contributed by atoms with Crippen molar-refractivity contribution in [2.45, 2.75) is 18.3 Å². The topological polar surface area (TPSA) is 75.4 Å². The largest absolute Gasteiger partial charge is 0.511 e. The number of nitrogens with two attached hydrogens (primary N) is 1. The summed E-state index contributed by atoms with van der Waals surface area (Å²) in [5, 5.41) is 0. The Morgan fingerprint density at radius 2 is 1.83 bits per heavy atom. The van der Waals surface area contributed by atoms with Crippen molar-refractivity contribution in [3.8, 4) is 0 Å². The molecule has 0 saturated carbocycles. The molecule has 0 unspecified atom stereocenters. The third-order valence-corrected chi connectivity index (χ3v) is 4.56. The number of hydrogen-bond donors (Lipinski definition) is 2. The predicted molar refractivity (Wildman–Crippen MR) is 61.2 cm³/mol. The number of alkyl halides is 3. The van der Waals surface area contributed by atoms with Crippen LogP contribution in [0.4, 0.5) is 13.2 Å². The van der Waals surface area contributed by atoms with E-state index in [2.05, 4.69) is 0 Å². The van der Waals surface area contributed by atoms with Crippen molar-refractivity contribution < 1.29 is 21.6 Å². The molecule has 108 valence electrons. The molecule has 0 bridgehead atoms. The van der Waals surface area contributed by atoms with E-state index < -0.39 is 20.9 Å². The molecule has 0 aliphatic carbocycles. The van der Waals surface area contributed by atoms with Crippen LogP contribution < -0.4 is 10.5 Å². The number of hydrogen-bond acceptors (Lipinski definition) is 4. The Balaban J connectivity index is 2.66. The van der Waals surface area contributed by atoms with Crippen LogP contribution >= 0.6 is 0 Å². The van der Waals surface area contributed by atoms with Gasteiger partial charge in [-0.15, -0.1) is 0 Å². The molecule has 1 aliphatic rings. The average molecular weight is 289 g/mol. The fourth-order valence-corrected chi connectivity index (χ4v) is 2.54. The molecule has 0 aromatic heterocycles. The van der Waals surface area contributed by atoms with Gasteiger partial charge >= 0.3 is 15.5 Å². The molecule has 0 atom stereocenters. The minimum Gasteiger partial charge on any atom is -0.330 e. The SMILES string of the molecule is CN1CCC(CN)(CNS(=O)(=O)C(F)(F)F)CC1. The highest BCUT2D eigenvalue weighted by Gasteiger charge is 2.47. The number of halogens is 3. The standard InChI is InChI=1S/C9H18F3N3O2S/c1-15-4-2-8(6-13,3-5-15)7-14-18(16,17)9(10,11)12/h14H,2-7,13H2,1H3. The third-order valence-electron chi connectivity index (χ3n) is 3.42. The summed E-state index contributed by atoms with van der Waals surface area (Å²) in [4.78, 5) is 2.03. The Labute approximate surface area is 105 Å². The van der Waals surface area contributed by atoms with E-state index in [1.165, 1.54) is 0 Å². The first-order valence-electron chi connectivity index (χ1n) is 5.56.